The smallest absolute Gasteiger partial charge is 0.375 e. The number of rotatable bonds is 6. The molecular formula is C6H14BN2O2. The van der Waals surface area contributed by atoms with Crippen LogP contribution in [0.4, 0.5) is 0 Å². The zero-order valence-electron chi connectivity index (χ0n) is 6.49. The third kappa shape index (κ3) is 4.95. The van der Waals surface area contributed by atoms with Crippen LogP contribution in [0.1, 0.15) is 19.3 Å². The summed E-state index contributed by atoms with van der Waals surface area (Å²) in [7, 11) is 0.521. The summed E-state index contributed by atoms with van der Waals surface area (Å²) < 4.78 is 0. The second kappa shape index (κ2) is 6.33. The Kier molecular flexibility index (Phi) is 6.11. The van der Waals surface area contributed by atoms with Crippen molar-refractivity contribution in [2.45, 2.75) is 25.3 Å². The molecule has 4 nitrogen and oxygen atoms in total. The molecule has 0 bridgehead atoms. The molecule has 63 valence electrons. The van der Waals surface area contributed by atoms with Crippen LogP contribution in [0.15, 0.2) is 0 Å². The Morgan fingerprint density at radius 3 is 2.64 bits per heavy atom. The number of carbonyl (C=O) groups is 1. The summed E-state index contributed by atoms with van der Waals surface area (Å²) in [5, 5.41) is 8.28. The van der Waals surface area contributed by atoms with Crippen LogP contribution in [0.25, 0.3) is 0 Å². The van der Waals surface area contributed by atoms with E-state index in [9.17, 15) is 4.79 Å². The maximum atomic E-state index is 10.6. The highest BCUT2D eigenvalue weighted by molar-refractivity contribution is 6.69. The van der Waals surface area contributed by atoms with Gasteiger partial charge in [-0.25, -0.2) is 0 Å². The number of nitrogens with two attached hydrogens (primary N) is 2. The van der Waals surface area contributed by atoms with Gasteiger partial charge in [0.15, 0.2) is 0 Å². The molecule has 0 rings (SSSR count). The van der Waals surface area contributed by atoms with Crippen LogP contribution in [0.2, 0.25) is 0 Å². The van der Waals surface area contributed by atoms with Gasteiger partial charge in [-0.2, -0.15) is 0 Å². The number of hydrogen-bond acceptors (Lipinski definition) is 4. The predicted molar refractivity (Wildman–Crippen MR) is 43.9 cm³/mol. The molecule has 0 amide bonds. The average molecular weight is 157 g/mol. The Labute approximate surface area is 67.2 Å². The van der Waals surface area contributed by atoms with Gasteiger partial charge in [-0.05, 0) is 19.4 Å². The lowest BCUT2D eigenvalue weighted by atomic mass is 9.86. The Morgan fingerprint density at radius 1 is 1.55 bits per heavy atom. The minimum Gasteiger partial charge on any atom is -0.448 e. The Balaban J connectivity index is 3.36. The lowest BCUT2D eigenvalue weighted by molar-refractivity contribution is -0.114. The van der Waals surface area contributed by atoms with Crippen LogP contribution in [-0.2, 0) is 4.79 Å². The first-order valence-corrected chi connectivity index (χ1v) is 3.69. The lowest BCUT2D eigenvalue weighted by Crippen LogP contribution is -2.34. The predicted octanol–water partition coefficient (Wildman–Crippen LogP) is -1.42. The van der Waals surface area contributed by atoms with E-state index in [1.165, 1.54) is 0 Å². The lowest BCUT2D eigenvalue weighted by Gasteiger charge is -2.06. The molecule has 0 aliphatic heterocycles. The Hall–Kier alpha value is -0.385. The molecule has 0 aliphatic carbocycles. The fraction of sp³-hybridized carbons (Fsp3) is 0.833. The molecular weight excluding hydrogens is 143 g/mol. The molecule has 0 heterocycles. The van der Waals surface area contributed by atoms with Gasteiger partial charge in [-0.15, -0.1) is 0 Å². The average Bonchev–Trinajstić information content (AvgIpc) is 2.03. The number of unbranched alkanes of at least 4 members (excludes halogenated alkanes) is 1. The molecule has 0 spiro atoms. The largest absolute Gasteiger partial charge is 0.448 e. The highest BCUT2D eigenvalue weighted by Gasteiger charge is 2.12. The van der Waals surface area contributed by atoms with Crippen LogP contribution in [0.3, 0.4) is 0 Å². The van der Waals surface area contributed by atoms with Gasteiger partial charge in [0.2, 0.25) is 0 Å². The van der Waals surface area contributed by atoms with Crippen molar-refractivity contribution in [2.24, 2.45) is 11.5 Å². The normalized spacial score (nSPS) is 12.6. The fourth-order valence-corrected chi connectivity index (χ4v) is 0.747. The molecule has 0 saturated heterocycles. The highest BCUT2D eigenvalue weighted by Crippen LogP contribution is 1.97. The fourth-order valence-electron chi connectivity index (χ4n) is 0.747. The van der Waals surface area contributed by atoms with Crippen LogP contribution < -0.4 is 11.5 Å². The topological polar surface area (TPSA) is 89.3 Å². The molecule has 11 heavy (non-hydrogen) atoms. The van der Waals surface area contributed by atoms with Crippen molar-refractivity contribution >= 4 is 13.2 Å². The molecule has 0 fully saturated rings. The summed E-state index contributed by atoms with van der Waals surface area (Å²) >= 11 is 0. The van der Waals surface area contributed by atoms with Crippen molar-refractivity contribution < 1.29 is 9.82 Å². The molecule has 0 aromatic rings. The van der Waals surface area contributed by atoms with E-state index in [4.69, 9.17) is 16.5 Å². The standard InChI is InChI=1S/C6H14BN2O2/c8-4-2-1-3-5(9)6(10)7-11/h5,11H,1-4,8-9H2/t5-/m0/s1. The zero-order valence-corrected chi connectivity index (χ0v) is 6.49. The highest BCUT2D eigenvalue weighted by atomic mass is 16.2. The van der Waals surface area contributed by atoms with E-state index in [-0.39, 0.29) is 0 Å². The van der Waals surface area contributed by atoms with E-state index in [1.54, 1.807) is 0 Å². The third-order valence-corrected chi connectivity index (χ3v) is 1.46. The molecule has 0 saturated carbocycles. The molecule has 1 atom stereocenters. The minimum absolute atomic E-state index is 0.415. The van der Waals surface area contributed by atoms with Crippen molar-refractivity contribution in [3.8, 4) is 0 Å². The van der Waals surface area contributed by atoms with Crippen molar-refractivity contribution in [1.82, 2.24) is 0 Å². The SMILES string of the molecule is NCCCC[C@H](N)C(=O)[B]O. The maximum Gasteiger partial charge on any atom is 0.375 e. The maximum absolute atomic E-state index is 10.6. The van der Waals surface area contributed by atoms with Gasteiger partial charge in [0, 0.05) is 0 Å². The second-order valence-electron chi connectivity index (χ2n) is 2.42. The number of hydrogen-bond donors (Lipinski definition) is 3. The molecule has 5 heteroatoms. The third-order valence-electron chi connectivity index (χ3n) is 1.46. The first-order valence-electron chi connectivity index (χ1n) is 3.69. The molecule has 1 radical (unpaired) electrons. The quantitative estimate of drug-likeness (QED) is 0.326. The van der Waals surface area contributed by atoms with Crippen LogP contribution in [0.5, 0.6) is 0 Å². The van der Waals surface area contributed by atoms with Crippen LogP contribution >= 0.6 is 0 Å². The van der Waals surface area contributed by atoms with Gasteiger partial charge < -0.3 is 21.3 Å². The zero-order chi connectivity index (χ0) is 8.69. The van der Waals surface area contributed by atoms with Gasteiger partial charge in [-0.3, -0.25) is 0 Å². The van der Waals surface area contributed by atoms with Crippen molar-refractivity contribution in [1.29, 1.82) is 0 Å². The van der Waals surface area contributed by atoms with E-state index < -0.39 is 11.7 Å². The minimum atomic E-state index is -0.563. The summed E-state index contributed by atoms with van der Waals surface area (Å²) in [5.41, 5.74) is 10.2. The van der Waals surface area contributed by atoms with Gasteiger partial charge in [0.25, 0.3) is 0 Å². The van der Waals surface area contributed by atoms with Gasteiger partial charge in [0.1, 0.15) is 5.68 Å². The first kappa shape index (κ1) is 10.6. The first-order chi connectivity index (χ1) is 5.22. The van der Waals surface area contributed by atoms with E-state index in [2.05, 4.69) is 0 Å². The van der Waals surface area contributed by atoms with Crippen LogP contribution in [0, 0.1) is 0 Å². The van der Waals surface area contributed by atoms with Crippen molar-refractivity contribution in [3.63, 3.8) is 0 Å². The van der Waals surface area contributed by atoms with E-state index in [1.807, 2.05) is 0 Å². The van der Waals surface area contributed by atoms with E-state index >= 15 is 0 Å². The Bertz CT molecular complexity index is 121. The molecule has 0 unspecified atom stereocenters. The Morgan fingerprint density at radius 2 is 2.18 bits per heavy atom. The summed E-state index contributed by atoms with van der Waals surface area (Å²) in [6.07, 6.45) is 2.29. The molecule has 5 N–H and O–H groups in total. The molecule has 0 aliphatic rings. The second-order valence-corrected chi connectivity index (χ2v) is 2.42. The summed E-state index contributed by atoms with van der Waals surface area (Å²) in [5.74, 6) is 0. The van der Waals surface area contributed by atoms with E-state index in [0.29, 0.717) is 20.4 Å². The van der Waals surface area contributed by atoms with Gasteiger partial charge in [0.05, 0.1) is 6.04 Å². The van der Waals surface area contributed by atoms with Crippen molar-refractivity contribution in [2.75, 3.05) is 6.54 Å². The van der Waals surface area contributed by atoms with Gasteiger partial charge >= 0.3 is 7.48 Å². The molecule has 0 aromatic carbocycles. The summed E-state index contributed by atoms with van der Waals surface area (Å²) in [4.78, 5) is 10.6. The molecule has 0 aromatic heterocycles. The number of carbonyl (C=O) groups excluding carboxylic acids is 1. The monoisotopic (exact) mass is 157 g/mol. The van der Waals surface area contributed by atoms with Gasteiger partial charge in [-0.1, -0.05) is 6.42 Å². The van der Waals surface area contributed by atoms with E-state index in [0.717, 1.165) is 12.8 Å². The van der Waals surface area contributed by atoms with Crippen molar-refractivity contribution in [3.05, 3.63) is 0 Å². The summed E-state index contributed by atoms with van der Waals surface area (Å²) in [6.45, 7) is 0.615. The summed E-state index contributed by atoms with van der Waals surface area (Å²) in [6, 6.07) is -0.563. The van der Waals surface area contributed by atoms with Crippen LogP contribution in [-0.4, -0.2) is 30.8 Å².